The number of amides is 1. The maximum Gasteiger partial charge on any atom is 0.271 e. The van der Waals surface area contributed by atoms with Crippen LogP contribution < -0.4 is 5.43 Å². The largest absolute Gasteiger partial charge is 0.455 e. The Morgan fingerprint density at radius 2 is 1.66 bits per heavy atom. The molecule has 0 aliphatic rings. The van der Waals surface area contributed by atoms with E-state index in [1.165, 1.54) is 42.6 Å². The zero-order valence-corrected chi connectivity index (χ0v) is 15.1. The van der Waals surface area contributed by atoms with E-state index in [1.54, 1.807) is 25.1 Å². The van der Waals surface area contributed by atoms with Crippen molar-refractivity contribution in [3.8, 4) is 11.3 Å². The molecule has 0 atom stereocenters. The number of hydrazone groups is 1. The number of hydrogen-bond donors (Lipinski definition) is 1. The van der Waals surface area contributed by atoms with E-state index in [9.17, 15) is 25.0 Å². The van der Waals surface area contributed by atoms with Gasteiger partial charge in [0, 0.05) is 35.4 Å². The summed E-state index contributed by atoms with van der Waals surface area (Å²) in [5.41, 5.74) is 3.78. The van der Waals surface area contributed by atoms with Crippen LogP contribution in [0.25, 0.3) is 11.3 Å². The third kappa shape index (κ3) is 4.50. The first kappa shape index (κ1) is 19.4. The van der Waals surface area contributed by atoms with Crippen LogP contribution in [0.5, 0.6) is 0 Å². The van der Waals surface area contributed by atoms with Gasteiger partial charge in [0.1, 0.15) is 11.5 Å². The number of rotatable bonds is 6. The lowest BCUT2D eigenvalue weighted by Crippen LogP contribution is -2.17. The number of nitro groups is 2. The highest BCUT2D eigenvalue weighted by atomic mass is 16.6. The van der Waals surface area contributed by atoms with Crippen LogP contribution in [0.3, 0.4) is 0 Å². The van der Waals surface area contributed by atoms with E-state index in [-0.39, 0.29) is 16.9 Å². The van der Waals surface area contributed by atoms with Gasteiger partial charge in [0.15, 0.2) is 0 Å². The van der Waals surface area contributed by atoms with E-state index in [2.05, 4.69) is 10.5 Å². The minimum Gasteiger partial charge on any atom is -0.455 e. The number of hydrogen-bond acceptors (Lipinski definition) is 7. The third-order valence-corrected chi connectivity index (χ3v) is 4.01. The molecule has 1 amide bonds. The molecule has 10 nitrogen and oxygen atoms in total. The Kier molecular flexibility index (Phi) is 5.44. The number of nitro benzene ring substituents is 2. The molecule has 0 aliphatic carbocycles. The van der Waals surface area contributed by atoms with Gasteiger partial charge in [-0.15, -0.1) is 0 Å². The first-order chi connectivity index (χ1) is 13.8. The molecule has 1 aromatic heterocycles. The predicted molar refractivity (Wildman–Crippen MR) is 104 cm³/mol. The molecule has 3 rings (SSSR count). The van der Waals surface area contributed by atoms with Crippen LogP contribution in [0.2, 0.25) is 0 Å². The number of non-ortho nitro benzene ring substituents is 2. The third-order valence-electron chi connectivity index (χ3n) is 4.01. The number of carbonyl (C=O) groups excluding carboxylic acids is 1. The van der Waals surface area contributed by atoms with Gasteiger partial charge in [-0.05, 0) is 42.8 Å². The summed E-state index contributed by atoms with van der Waals surface area (Å²) >= 11 is 0. The first-order valence-electron chi connectivity index (χ1n) is 8.28. The molecule has 0 aliphatic heterocycles. The van der Waals surface area contributed by atoms with Crippen molar-refractivity contribution >= 4 is 23.5 Å². The number of carbonyl (C=O) groups is 1. The van der Waals surface area contributed by atoms with Crippen LogP contribution in [0.1, 0.15) is 21.7 Å². The van der Waals surface area contributed by atoms with Gasteiger partial charge in [0.05, 0.1) is 16.1 Å². The van der Waals surface area contributed by atoms with Crippen LogP contribution in [0.4, 0.5) is 11.4 Å². The monoisotopic (exact) mass is 394 g/mol. The second-order valence-corrected chi connectivity index (χ2v) is 5.96. The van der Waals surface area contributed by atoms with Crippen molar-refractivity contribution < 1.29 is 19.1 Å². The molecule has 1 heterocycles. The Labute approximate surface area is 163 Å². The van der Waals surface area contributed by atoms with Gasteiger partial charge in [0.2, 0.25) is 0 Å². The maximum atomic E-state index is 12.0. The summed E-state index contributed by atoms with van der Waals surface area (Å²) < 4.78 is 5.64. The van der Waals surface area contributed by atoms with Gasteiger partial charge in [-0.1, -0.05) is 0 Å². The zero-order chi connectivity index (χ0) is 21.0. The minimum atomic E-state index is -0.555. The molecule has 0 unspecified atom stereocenters. The van der Waals surface area contributed by atoms with Crippen molar-refractivity contribution in [2.24, 2.45) is 5.10 Å². The number of furan rings is 1. The summed E-state index contributed by atoms with van der Waals surface area (Å²) in [6, 6.07) is 12.9. The van der Waals surface area contributed by atoms with Crippen molar-refractivity contribution in [3.63, 3.8) is 0 Å². The van der Waals surface area contributed by atoms with E-state index in [0.29, 0.717) is 22.6 Å². The molecular weight excluding hydrogens is 380 g/mol. The van der Waals surface area contributed by atoms with E-state index >= 15 is 0 Å². The number of benzene rings is 2. The molecule has 0 radical (unpaired) electrons. The Morgan fingerprint density at radius 3 is 2.28 bits per heavy atom. The topological polar surface area (TPSA) is 141 Å². The normalized spacial score (nSPS) is 10.8. The van der Waals surface area contributed by atoms with Gasteiger partial charge in [-0.2, -0.15) is 5.10 Å². The molecule has 0 saturated heterocycles. The second kappa shape index (κ2) is 8.13. The quantitative estimate of drug-likeness (QED) is 0.382. The van der Waals surface area contributed by atoms with Crippen molar-refractivity contribution in [2.45, 2.75) is 6.92 Å². The SMILES string of the molecule is Cc1cc([N+](=O)[O-])ccc1-c1ccc(/C=N\NC(=O)c2ccc([N+](=O)[O-])cc2)o1. The minimum absolute atomic E-state index is 0.00597. The van der Waals surface area contributed by atoms with Gasteiger partial charge in [-0.25, -0.2) is 5.43 Å². The molecule has 146 valence electrons. The lowest BCUT2D eigenvalue weighted by molar-refractivity contribution is -0.385. The van der Waals surface area contributed by atoms with Crippen LogP contribution in [0, 0.1) is 27.2 Å². The van der Waals surface area contributed by atoms with Gasteiger partial charge in [-0.3, -0.25) is 25.0 Å². The zero-order valence-electron chi connectivity index (χ0n) is 15.1. The molecule has 10 heteroatoms. The fourth-order valence-electron chi connectivity index (χ4n) is 2.56. The summed E-state index contributed by atoms with van der Waals surface area (Å²) in [6.07, 6.45) is 1.30. The summed E-state index contributed by atoms with van der Waals surface area (Å²) in [7, 11) is 0. The molecule has 0 saturated carbocycles. The van der Waals surface area contributed by atoms with Crippen molar-refractivity contribution in [1.82, 2.24) is 5.43 Å². The summed E-state index contributed by atoms with van der Waals surface area (Å²) in [5, 5.41) is 25.3. The summed E-state index contributed by atoms with van der Waals surface area (Å²) in [4.78, 5) is 32.4. The second-order valence-electron chi connectivity index (χ2n) is 5.96. The molecule has 2 aromatic carbocycles. The Balaban J connectivity index is 1.67. The summed E-state index contributed by atoms with van der Waals surface area (Å²) in [6.45, 7) is 1.74. The number of nitrogens with one attached hydrogen (secondary N) is 1. The first-order valence-corrected chi connectivity index (χ1v) is 8.28. The van der Waals surface area contributed by atoms with Crippen LogP contribution >= 0.6 is 0 Å². The van der Waals surface area contributed by atoms with Gasteiger partial charge in [0.25, 0.3) is 17.3 Å². The smallest absolute Gasteiger partial charge is 0.271 e. The highest BCUT2D eigenvalue weighted by molar-refractivity contribution is 5.94. The Hall–Kier alpha value is -4.34. The van der Waals surface area contributed by atoms with Gasteiger partial charge < -0.3 is 4.42 Å². The van der Waals surface area contributed by atoms with Crippen LogP contribution in [-0.4, -0.2) is 22.0 Å². The van der Waals surface area contributed by atoms with Crippen molar-refractivity contribution in [2.75, 3.05) is 0 Å². The van der Waals surface area contributed by atoms with E-state index in [1.807, 2.05) is 0 Å². The molecule has 0 fully saturated rings. The molecule has 1 N–H and O–H groups in total. The fraction of sp³-hybridized carbons (Fsp3) is 0.0526. The molecule has 0 bridgehead atoms. The average molecular weight is 394 g/mol. The molecule has 29 heavy (non-hydrogen) atoms. The summed E-state index contributed by atoms with van der Waals surface area (Å²) in [5.74, 6) is 0.330. The van der Waals surface area contributed by atoms with Crippen LogP contribution in [-0.2, 0) is 0 Å². The Morgan fingerprint density at radius 1 is 1.00 bits per heavy atom. The highest BCUT2D eigenvalue weighted by Gasteiger charge is 2.12. The molecule has 0 spiro atoms. The average Bonchev–Trinajstić information content (AvgIpc) is 3.16. The number of aryl methyl sites for hydroxylation is 1. The van der Waals surface area contributed by atoms with Crippen molar-refractivity contribution in [3.05, 3.63) is 91.7 Å². The number of nitrogens with zero attached hydrogens (tertiary/aromatic N) is 3. The van der Waals surface area contributed by atoms with Gasteiger partial charge >= 0.3 is 0 Å². The van der Waals surface area contributed by atoms with E-state index in [4.69, 9.17) is 4.42 Å². The lowest BCUT2D eigenvalue weighted by atomic mass is 10.1. The van der Waals surface area contributed by atoms with Crippen molar-refractivity contribution in [1.29, 1.82) is 0 Å². The standard InChI is InChI=1S/C19H14N4O6/c1-12-10-15(23(27)28)6-8-17(12)18-9-7-16(29-18)11-20-21-19(24)13-2-4-14(5-3-13)22(25)26/h2-11H,1H3,(H,21,24)/b20-11-. The molecule has 3 aromatic rings. The highest BCUT2D eigenvalue weighted by Crippen LogP contribution is 2.28. The Bertz CT molecular complexity index is 1120. The van der Waals surface area contributed by atoms with E-state index < -0.39 is 15.8 Å². The van der Waals surface area contributed by atoms with Crippen LogP contribution in [0.15, 0.2) is 64.1 Å². The lowest BCUT2D eigenvalue weighted by Gasteiger charge is -2.02. The maximum absolute atomic E-state index is 12.0. The van der Waals surface area contributed by atoms with E-state index in [0.717, 1.165) is 0 Å². The molecular formula is C19H14N4O6. The fourth-order valence-corrected chi connectivity index (χ4v) is 2.56. The predicted octanol–water partition coefficient (Wildman–Crippen LogP) is 3.84.